The largest absolute Gasteiger partial charge is 0.480 e. The molecule has 0 heterocycles. The van der Waals surface area contributed by atoms with Crippen LogP contribution in [-0.4, -0.2) is 60.5 Å². The maximum absolute atomic E-state index is 12.6. The summed E-state index contributed by atoms with van der Waals surface area (Å²) in [5.41, 5.74) is 5.35. The van der Waals surface area contributed by atoms with Crippen LogP contribution in [0.5, 0.6) is 0 Å². The van der Waals surface area contributed by atoms with Gasteiger partial charge in [0.25, 0.3) is 0 Å². The first-order valence-electron chi connectivity index (χ1n) is 22.5. The molecule has 0 aliphatic carbocycles. The Morgan fingerprint density at radius 2 is 1.00 bits per heavy atom. The average Bonchev–Trinajstić information content (AvgIpc) is 3.20. The third-order valence-electron chi connectivity index (χ3n) is 9.25. The van der Waals surface area contributed by atoms with Crippen molar-refractivity contribution in [3.05, 3.63) is 72.9 Å². The molecule has 0 spiro atoms. The minimum absolute atomic E-state index is 0.00150. The van der Waals surface area contributed by atoms with Gasteiger partial charge in [-0.05, 0) is 64.2 Å². The Morgan fingerprint density at radius 3 is 1.50 bits per heavy atom. The number of aliphatic carboxylic acids is 1. The molecule has 0 aromatic rings. The van der Waals surface area contributed by atoms with Crippen LogP contribution in [-0.2, 0) is 32.7 Å². The number of nitrogens with two attached hydrogens (primary N) is 1. The van der Waals surface area contributed by atoms with Gasteiger partial charge >= 0.3 is 19.8 Å². The molecule has 4 N–H and O–H groups in total. The van der Waals surface area contributed by atoms with Crippen molar-refractivity contribution < 1.29 is 42.7 Å². The zero-order chi connectivity index (χ0) is 42.6. The second-order valence-corrected chi connectivity index (χ2v) is 16.3. The molecule has 11 heteroatoms. The van der Waals surface area contributed by atoms with Crippen LogP contribution in [0.1, 0.15) is 174 Å². The van der Waals surface area contributed by atoms with E-state index in [2.05, 4.69) is 86.8 Å². The van der Waals surface area contributed by atoms with E-state index in [9.17, 15) is 19.0 Å². The van der Waals surface area contributed by atoms with Crippen molar-refractivity contribution >= 4 is 19.8 Å². The molecular formula is C47H82NO9P. The standard InChI is InChI=1S/C47H82NO9P/c1-3-5-7-9-11-13-15-17-18-19-20-21-22-23-24-25-26-27-28-30-32-34-36-38-40-54-41-44(42-55-58(52,53)56-43-45(48)47(50)51)57-46(49)39-37-35-33-31-29-16-14-12-10-8-6-4-2/h5,7,11,13,17-18,20-21,23-24,26-27,44-45H,3-4,6,8-10,12,14-16,19,22,25,28-43,48H2,1-2H3,(H,50,51)(H,52,53)/b7-5-,13-11-,18-17-,21-20-,24-23-,27-26-. The minimum atomic E-state index is -4.62. The highest BCUT2D eigenvalue weighted by atomic mass is 31.2. The maximum Gasteiger partial charge on any atom is 0.472 e. The molecule has 0 bridgehead atoms. The quantitative estimate of drug-likeness (QED) is 0.0234. The van der Waals surface area contributed by atoms with Crippen molar-refractivity contribution in [2.24, 2.45) is 5.73 Å². The Bertz CT molecular complexity index is 1200. The fraction of sp³-hybridized carbons (Fsp3) is 0.702. The van der Waals surface area contributed by atoms with E-state index in [1.165, 1.54) is 51.4 Å². The number of rotatable bonds is 42. The number of carbonyl (C=O) groups excluding carboxylic acids is 1. The molecule has 0 aromatic carbocycles. The molecule has 0 saturated carbocycles. The SMILES string of the molecule is CC/C=C\C/C=C\C/C=C\C/C=C\C/C=C\C/C=C\CCCCCCCOCC(COP(=O)(O)OCC(N)C(=O)O)OC(=O)CCCCCCCCCCCCCC. The van der Waals surface area contributed by atoms with Gasteiger partial charge in [0, 0.05) is 13.0 Å². The lowest BCUT2D eigenvalue weighted by atomic mass is 10.0. The van der Waals surface area contributed by atoms with E-state index in [1.54, 1.807) is 0 Å². The van der Waals surface area contributed by atoms with E-state index >= 15 is 0 Å². The molecule has 0 aliphatic rings. The van der Waals surface area contributed by atoms with Gasteiger partial charge < -0.3 is 25.2 Å². The molecule has 10 nitrogen and oxygen atoms in total. The molecule has 0 rings (SSSR count). The molecule has 3 atom stereocenters. The van der Waals surface area contributed by atoms with Crippen LogP contribution < -0.4 is 5.73 Å². The third kappa shape index (κ3) is 41.6. The summed E-state index contributed by atoms with van der Waals surface area (Å²) >= 11 is 0. The summed E-state index contributed by atoms with van der Waals surface area (Å²) in [5.74, 6) is -1.79. The average molecular weight is 836 g/mol. The highest BCUT2D eigenvalue weighted by Crippen LogP contribution is 2.43. The van der Waals surface area contributed by atoms with E-state index < -0.39 is 45.1 Å². The molecule has 0 aromatic heterocycles. The topological polar surface area (TPSA) is 155 Å². The summed E-state index contributed by atoms with van der Waals surface area (Å²) in [6.45, 7) is 3.70. The van der Waals surface area contributed by atoms with E-state index in [0.717, 1.165) is 96.3 Å². The van der Waals surface area contributed by atoms with Crippen molar-refractivity contribution in [1.29, 1.82) is 0 Å². The van der Waals surface area contributed by atoms with Crippen molar-refractivity contribution in [1.82, 2.24) is 0 Å². The van der Waals surface area contributed by atoms with Gasteiger partial charge in [-0.15, -0.1) is 0 Å². The second kappa shape index (κ2) is 42.5. The van der Waals surface area contributed by atoms with Gasteiger partial charge in [-0.3, -0.25) is 18.6 Å². The van der Waals surface area contributed by atoms with Crippen molar-refractivity contribution in [2.75, 3.05) is 26.4 Å². The Labute approximate surface area is 353 Å². The first-order valence-corrected chi connectivity index (χ1v) is 24.0. The van der Waals surface area contributed by atoms with Crippen molar-refractivity contribution in [3.63, 3.8) is 0 Å². The number of phosphoric acid groups is 1. The number of carboxylic acid groups (broad SMARTS) is 1. The number of unbranched alkanes of at least 4 members (excludes halogenated alkanes) is 16. The van der Waals surface area contributed by atoms with Crippen LogP contribution in [0.2, 0.25) is 0 Å². The molecule has 334 valence electrons. The molecular weight excluding hydrogens is 753 g/mol. The smallest absolute Gasteiger partial charge is 0.472 e. The number of phosphoric ester groups is 1. The Hall–Kier alpha value is -2.59. The van der Waals surface area contributed by atoms with Crippen LogP contribution in [0.3, 0.4) is 0 Å². The molecule has 0 amide bonds. The van der Waals surface area contributed by atoms with Crippen LogP contribution in [0, 0.1) is 0 Å². The number of allylic oxidation sites excluding steroid dienone is 12. The van der Waals surface area contributed by atoms with Crippen LogP contribution in [0.25, 0.3) is 0 Å². The predicted octanol–water partition coefficient (Wildman–Crippen LogP) is 12.6. The monoisotopic (exact) mass is 836 g/mol. The van der Waals surface area contributed by atoms with Crippen LogP contribution >= 0.6 is 7.82 Å². The summed E-state index contributed by atoms with van der Waals surface area (Å²) in [5, 5.41) is 8.89. The molecule has 3 unspecified atom stereocenters. The predicted molar refractivity (Wildman–Crippen MR) is 240 cm³/mol. The maximum atomic E-state index is 12.6. The summed E-state index contributed by atoms with van der Waals surface area (Å²) in [7, 11) is -4.62. The number of esters is 1. The van der Waals surface area contributed by atoms with Crippen LogP contribution in [0.4, 0.5) is 0 Å². The van der Waals surface area contributed by atoms with E-state index in [4.69, 9.17) is 29.4 Å². The molecule has 0 saturated heterocycles. The van der Waals surface area contributed by atoms with Gasteiger partial charge in [0.2, 0.25) is 0 Å². The van der Waals surface area contributed by atoms with Gasteiger partial charge in [0.15, 0.2) is 0 Å². The Morgan fingerprint density at radius 1 is 0.569 bits per heavy atom. The number of hydrogen-bond donors (Lipinski definition) is 3. The summed E-state index contributed by atoms with van der Waals surface area (Å²) < 4.78 is 33.3. The lowest BCUT2D eigenvalue weighted by Crippen LogP contribution is -2.34. The van der Waals surface area contributed by atoms with Crippen molar-refractivity contribution in [3.8, 4) is 0 Å². The zero-order valence-corrected chi connectivity index (χ0v) is 37.3. The third-order valence-corrected chi connectivity index (χ3v) is 10.2. The lowest BCUT2D eigenvalue weighted by Gasteiger charge is -2.20. The molecule has 0 fully saturated rings. The molecule has 58 heavy (non-hydrogen) atoms. The van der Waals surface area contributed by atoms with Gasteiger partial charge in [-0.1, -0.05) is 177 Å². The fourth-order valence-electron chi connectivity index (χ4n) is 5.78. The van der Waals surface area contributed by atoms with E-state index in [0.29, 0.717) is 13.0 Å². The van der Waals surface area contributed by atoms with E-state index in [1.807, 2.05) is 0 Å². The molecule has 0 radical (unpaired) electrons. The van der Waals surface area contributed by atoms with Gasteiger partial charge in [-0.2, -0.15) is 0 Å². The zero-order valence-electron chi connectivity index (χ0n) is 36.4. The lowest BCUT2D eigenvalue weighted by molar-refractivity contribution is -0.154. The summed E-state index contributed by atoms with van der Waals surface area (Å²) in [6, 6.07) is -1.48. The van der Waals surface area contributed by atoms with Gasteiger partial charge in [-0.25, -0.2) is 4.57 Å². The highest BCUT2D eigenvalue weighted by Gasteiger charge is 2.27. The first-order chi connectivity index (χ1) is 28.2. The van der Waals surface area contributed by atoms with Gasteiger partial charge in [0.05, 0.1) is 19.8 Å². The Balaban J connectivity index is 4.23. The van der Waals surface area contributed by atoms with Gasteiger partial charge in [0.1, 0.15) is 12.1 Å². The highest BCUT2D eigenvalue weighted by molar-refractivity contribution is 7.47. The second-order valence-electron chi connectivity index (χ2n) is 14.8. The minimum Gasteiger partial charge on any atom is -0.480 e. The normalized spacial score (nSPS) is 14.6. The first kappa shape index (κ1) is 55.4. The Kier molecular flexibility index (Phi) is 40.6. The van der Waals surface area contributed by atoms with Crippen LogP contribution in [0.15, 0.2) is 72.9 Å². The van der Waals surface area contributed by atoms with E-state index in [-0.39, 0.29) is 13.0 Å². The number of carboxylic acids is 1. The summed E-state index contributed by atoms with van der Waals surface area (Å²) in [4.78, 5) is 33.5. The number of hydrogen-bond acceptors (Lipinski definition) is 8. The molecule has 0 aliphatic heterocycles. The number of ether oxygens (including phenoxy) is 2. The summed E-state index contributed by atoms with van der Waals surface area (Å²) in [6.07, 6.45) is 52.4. The fourth-order valence-corrected chi connectivity index (χ4v) is 6.56. The van der Waals surface area contributed by atoms with Crippen molar-refractivity contribution in [2.45, 2.75) is 187 Å². The number of carbonyl (C=O) groups is 2.